The topological polar surface area (TPSA) is 102 Å². The molecule has 0 atom stereocenters. The summed E-state index contributed by atoms with van der Waals surface area (Å²) in [6, 6.07) is 5.99. The maximum atomic E-state index is 12.3. The first-order valence-electron chi connectivity index (χ1n) is 7.30. The summed E-state index contributed by atoms with van der Waals surface area (Å²) in [5, 5.41) is 21.0. The molecule has 0 bridgehead atoms. The van der Waals surface area contributed by atoms with E-state index in [9.17, 15) is 14.9 Å². The molecule has 1 amide bonds. The highest BCUT2D eigenvalue weighted by Gasteiger charge is 2.17. The van der Waals surface area contributed by atoms with Crippen LogP contribution < -0.4 is 10.6 Å². The van der Waals surface area contributed by atoms with Crippen LogP contribution in [0.25, 0.3) is 11.3 Å². The molecular weight excluding hydrogens is 334 g/mol. The molecular formula is C15H20ClN5O3. The first-order valence-corrected chi connectivity index (χ1v) is 7.30. The molecule has 0 aliphatic carbocycles. The molecule has 2 aromatic rings. The predicted molar refractivity (Wildman–Crippen MR) is 93.4 cm³/mol. The molecule has 1 aromatic carbocycles. The zero-order valence-corrected chi connectivity index (χ0v) is 14.3. The highest BCUT2D eigenvalue weighted by atomic mass is 35.5. The van der Waals surface area contributed by atoms with E-state index >= 15 is 0 Å². The SMILES string of the molecule is CCNCCNC(=O)c1cn(C)nc1-c1ccc([N+](=O)[O-])cc1.Cl. The smallest absolute Gasteiger partial charge is 0.269 e. The van der Waals surface area contributed by atoms with Gasteiger partial charge in [0.05, 0.1) is 10.5 Å². The lowest BCUT2D eigenvalue weighted by atomic mass is 10.1. The van der Waals surface area contributed by atoms with Crippen molar-refractivity contribution in [2.24, 2.45) is 7.05 Å². The average Bonchev–Trinajstić information content (AvgIpc) is 2.93. The second-order valence-corrected chi connectivity index (χ2v) is 4.98. The molecule has 2 N–H and O–H groups in total. The molecule has 9 heteroatoms. The summed E-state index contributed by atoms with van der Waals surface area (Å²) in [6.07, 6.45) is 1.64. The minimum atomic E-state index is -0.462. The molecule has 0 saturated heterocycles. The van der Waals surface area contributed by atoms with Crippen LogP contribution in [-0.2, 0) is 7.05 Å². The van der Waals surface area contributed by atoms with Gasteiger partial charge in [0, 0.05) is 44.0 Å². The number of amides is 1. The van der Waals surface area contributed by atoms with Gasteiger partial charge in [0.2, 0.25) is 0 Å². The number of nitro benzene ring substituents is 1. The first kappa shape index (κ1) is 19.6. The van der Waals surface area contributed by atoms with Gasteiger partial charge < -0.3 is 10.6 Å². The lowest BCUT2D eigenvalue weighted by Crippen LogP contribution is -2.31. The van der Waals surface area contributed by atoms with Crippen molar-refractivity contribution < 1.29 is 9.72 Å². The van der Waals surface area contributed by atoms with Crippen molar-refractivity contribution in [2.45, 2.75) is 6.92 Å². The zero-order valence-electron chi connectivity index (χ0n) is 13.5. The number of nitrogens with zero attached hydrogens (tertiary/aromatic N) is 3. The number of non-ortho nitro benzene ring substituents is 1. The fourth-order valence-corrected chi connectivity index (χ4v) is 2.15. The Morgan fingerprint density at radius 3 is 2.54 bits per heavy atom. The fraction of sp³-hybridized carbons (Fsp3) is 0.333. The van der Waals surface area contributed by atoms with Crippen LogP contribution in [0, 0.1) is 10.1 Å². The summed E-state index contributed by atoms with van der Waals surface area (Å²) < 4.78 is 1.55. The van der Waals surface area contributed by atoms with Gasteiger partial charge in [-0.3, -0.25) is 19.6 Å². The Labute approximate surface area is 145 Å². The van der Waals surface area contributed by atoms with Crippen molar-refractivity contribution in [3.63, 3.8) is 0 Å². The van der Waals surface area contributed by atoms with E-state index in [2.05, 4.69) is 15.7 Å². The standard InChI is InChI=1S/C15H19N5O3.ClH/c1-3-16-8-9-17-15(21)13-10-19(2)18-14(13)11-4-6-12(7-5-11)20(22)23;/h4-7,10,16H,3,8-9H2,1-2H3,(H,17,21);1H. The quantitative estimate of drug-likeness (QED) is 0.448. The van der Waals surface area contributed by atoms with Crippen LogP contribution in [0.5, 0.6) is 0 Å². The molecule has 0 aliphatic rings. The fourth-order valence-electron chi connectivity index (χ4n) is 2.15. The Bertz CT molecular complexity index is 700. The van der Waals surface area contributed by atoms with Crippen molar-refractivity contribution in [2.75, 3.05) is 19.6 Å². The minimum Gasteiger partial charge on any atom is -0.351 e. The van der Waals surface area contributed by atoms with Gasteiger partial charge in [0.1, 0.15) is 5.69 Å². The molecule has 130 valence electrons. The van der Waals surface area contributed by atoms with E-state index in [0.29, 0.717) is 29.9 Å². The number of hydrogen-bond acceptors (Lipinski definition) is 5. The van der Waals surface area contributed by atoms with Crippen LogP contribution in [0.3, 0.4) is 0 Å². The van der Waals surface area contributed by atoms with E-state index < -0.39 is 4.92 Å². The predicted octanol–water partition coefficient (Wildman–Crippen LogP) is 1.76. The van der Waals surface area contributed by atoms with Crippen LogP contribution in [0.1, 0.15) is 17.3 Å². The maximum Gasteiger partial charge on any atom is 0.269 e. The monoisotopic (exact) mass is 353 g/mol. The Hall–Kier alpha value is -2.45. The Balaban J connectivity index is 0.00000288. The number of nitro groups is 1. The van der Waals surface area contributed by atoms with E-state index in [0.717, 1.165) is 6.54 Å². The van der Waals surface area contributed by atoms with Crippen LogP contribution >= 0.6 is 12.4 Å². The molecule has 0 spiro atoms. The van der Waals surface area contributed by atoms with Crippen LogP contribution in [-0.4, -0.2) is 40.2 Å². The summed E-state index contributed by atoms with van der Waals surface area (Å²) in [7, 11) is 1.73. The molecule has 0 unspecified atom stereocenters. The highest BCUT2D eigenvalue weighted by Crippen LogP contribution is 2.24. The highest BCUT2D eigenvalue weighted by molar-refractivity contribution is 5.99. The number of aryl methyl sites for hydroxylation is 1. The van der Waals surface area contributed by atoms with Gasteiger partial charge in [-0.15, -0.1) is 12.4 Å². The maximum absolute atomic E-state index is 12.3. The third-order valence-electron chi connectivity index (χ3n) is 3.26. The largest absolute Gasteiger partial charge is 0.351 e. The van der Waals surface area contributed by atoms with Gasteiger partial charge in [-0.1, -0.05) is 6.92 Å². The third-order valence-corrected chi connectivity index (χ3v) is 3.26. The number of halogens is 1. The number of hydrogen-bond donors (Lipinski definition) is 2. The second-order valence-electron chi connectivity index (χ2n) is 4.98. The van der Waals surface area contributed by atoms with E-state index in [1.54, 1.807) is 30.1 Å². The van der Waals surface area contributed by atoms with Crippen molar-refractivity contribution >= 4 is 24.0 Å². The lowest BCUT2D eigenvalue weighted by Gasteiger charge is -2.05. The van der Waals surface area contributed by atoms with E-state index in [1.165, 1.54) is 12.1 Å². The number of rotatable bonds is 7. The molecule has 1 heterocycles. The first-order chi connectivity index (χ1) is 11.0. The van der Waals surface area contributed by atoms with Crippen LogP contribution in [0.4, 0.5) is 5.69 Å². The summed E-state index contributed by atoms with van der Waals surface area (Å²) in [5.41, 5.74) is 1.61. The molecule has 0 saturated carbocycles. The normalized spacial score (nSPS) is 10.1. The van der Waals surface area contributed by atoms with Gasteiger partial charge in [-0.2, -0.15) is 5.10 Å². The summed E-state index contributed by atoms with van der Waals surface area (Å²) >= 11 is 0. The van der Waals surface area contributed by atoms with Gasteiger partial charge in [0.25, 0.3) is 11.6 Å². The molecule has 0 radical (unpaired) electrons. The Morgan fingerprint density at radius 2 is 1.96 bits per heavy atom. The molecule has 2 rings (SSSR count). The van der Waals surface area contributed by atoms with Crippen molar-refractivity contribution in [3.8, 4) is 11.3 Å². The zero-order chi connectivity index (χ0) is 16.8. The van der Waals surface area contributed by atoms with Gasteiger partial charge in [0.15, 0.2) is 0 Å². The Kier molecular flexibility index (Phi) is 7.34. The Morgan fingerprint density at radius 1 is 1.29 bits per heavy atom. The number of carbonyl (C=O) groups excluding carboxylic acids is 1. The van der Waals surface area contributed by atoms with Gasteiger partial charge in [-0.25, -0.2) is 0 Å². The third kappa shape index (κ3) is 4.77. The molecule has 1 aromatic heterocycles. The van der Waals surface area contributed by atoms with Crippen molar-refractivity contribution in [3.05, 3.63) is 46.1 Å². The molecule has 0 aliphatic heterocycles. The van der Waals surface area contributed by atoms with E-state index in [1.807, 2.05) is 6.92 Å². The summed E-state index contributed by atoms with van der Waals surface area (Å²) in [4.78, 5) is 22.5. The van der Waals surface area contributed by atoms with E-state index in [4.69, 9.17) is 0 Å². The van der Waals surface area contributed by atoms with Crippen LogP contribution in [0.2, 0.25) is 0 Å². The van der Waals surface area contributed by atoms with E-state index in [-0.39, 0.29) is 24.0 Å². The summed E-state index contributed by atoms with van der Waals surface area (Å²) in [6.45, 7) is 4.04. The van der Waals surface area contributed by atoms with Gasteiger partial charge >= 0.3 is 0 Å². The number of likely N-dealkylation sites (N-methyl/N-ethyl adjacent to an activating group) is 1. The van der Waals surface area contributed by atoms with Crippen molar-refractivity contribution in [1.29, 1.82) is 0 Å². The number of benzene rings is 1. The summed E-state index contributed by atoms with van der Waals surface area (Å²) in [5.74, 6) is -0.218. The number of carbonyl (C=O) groups is 1. The minimum absolute atomic E-state index is 0. The molecule has 0 fully saturated rings. The van der Waals surface area contributed by atoms with Gasteiger partial charge in [-0.05, 0) is 18.7 Å². The van der Waals surface area contributed by atoms with Crippen molar-refractivity contribution in [1.82, 2.24) is 20.4 Å². The van der Waals surface area contributed by atoms with Crippen LogP contribution in [0.15, 0.2) is 30.5 Å². The molecule has 24 heavy (non-hydrogen) atoms. The number of aromatic nitrogens is 2. The lowest BCUT2D eigenvalue weighted by molar-refractivity contribution is -0.384. The molecule has 8 nitrogen and oxygen atoms in total. The second kappa shape index (κ2) is 8.99. The number of nitrogens with one attached hydrogen (secondary N) is 2. The average molecular weight is 354 g/mol.